The molecule has 0 amide bonds. The SMILES string of the molecule is CO[SiH](CCCN=C=O)Cc1ccccc1. The first-order valence-corrected chi connectivity index (χ1v) is 7.57. The Hall–Kier alpha value is -1.22. The maximum absolute atomic E-state index is 9.90. The van der Waals surface area contributed by atoms with E-state index in [9.17, 15) is 4.79 Å². The number of hydrogen-bond acceptors (Lipinski definition) is 3. The van der Waals surface area contributed by atoms with E-state index in [1.807, 2.05) is 18.2 Å². The molecule has 0 aliphatic rings. The number of benzene rings is 1. The Labute approximate surface area is 97.9 Å². The van der Waals surface area contributed by atoms with Crippen molar-refractivity contribution in [3.05, 3.63) is 35.9 Å². The summed E-state index contributed by atoms with van der Waals surface area (Å²) in [6.07, 6.45) is 2.48. The third-order valence-corrected chi connectivity index (χ3v) is 5.15. The van der Waals surface area contributed by atoms with Crippen LogP contribution in [-0.4, -0.2) is 28.8 Å². The molecule has 1 rings (SSSR count). The summed E-state index contributed by atoms with van der Waals surface area (Å²) < 4.78 is 5.53. The van der Waals surface area contributed by atoms with Crippen LogP contribution in [0.5, 0.6) is 0 Å². The molecule has 0 radical (unpaired) electrons. The molecule has 16 heavy (non-hydrogen) atoms. The first kappa shape index (κ1) is 12.8. The summed E-state index contributed by atoms with van der Waals surface area (Å²) in [7, 11) is 0.609. The van der Waals surface area contributed by atoms with E-state index >= 15 is 0 Å². The topological polar surface area (TPSA) is 38.7 Å². The normalized spacial score (nSPS) is 11.8. The van der Waals surface area contributed by atoms with Crippen LogP contribution >= 0.6 is 0 Å². The van der Waals surface area contributed by atoms with Crippen molar-refractivity contribution in [1.82, 2.24) is 0 Å². The van der Waals surface area contributed by atoms with Crippen molar-refractivity contribution in [2.45, 2.75) is 18.5 Å². The summed E-state index contributed by atoms with van der Waals surface area (Å²) in [5.41, 5.74) is 1.33. The van der Waals surface area contributed by atoms with Gasteiger partial charge in [0.1, 0.15) is 0 Å². The molecule has 0 aliphatic carbocycles. The van der Waals surface area contributed by atoms with Crippen molar-refractivity contribution in [2.24, 2.45) is 4.99 Å². The van der Waals surface area contributed by atoms with E-state index in [1.54, 1.807) is 13.2 Å². The average molecular weight is 235 g/mol. The summed E-state index contributed by atoms with van der Waals surface area (Å²) in [6.45, 7) is 0.575. The Morgan fingerprint density at radius 1 is 1.38 bits per heavy atom. The van der Waals surface area contributed by atoms with Crippen molar-refractivity contribution in [2.75, 3.05) is 13.7 Å². The highest BCUT2D eigenvalue weighted by molar-refractivity contribution is 6.51. The number of nitrogens with zero attached hydrogens (tertiary/aromatic N) is 1. The second-order valence-corrected chi connectivity index (χ2v) is 6.36. The zero-order valence-electron chi connectivity index (χ0n) is 9.56. The molecule has 0 saturated heterocycles. The van der Waals surface area contributed by atoms with Gasteiger partial charge in [0.25, 0.3) is 0 Å². The molecular formula is C12H17NO2Si. The molecule has 3 nitrogen and oxygen atoms in total. The minimum absolute atomic E-state index is 0.575. The van der Waals surface area contributed by atoms with Crippen LogP contribution in [0, 0.1) is 0 Å². The Morgan fingerprint density at radius 3 is 2.75 bits per heavy atom. The molecule has 0 spiro atoms. The molecule has 4 heteroatoms. The lowest BCUT2D eigenvalue weighted by Crippen LogP contribution is -2.19. The predicted molar refractivity (Wildman–Crippen MR) is 66.7 cm³/mol. The van der Waals surface area contributed by atoms with E-state index < -0.39 is 9.04 Å². The molecule has 1 aromatic carbocycles. The lowest BCUT2D eigenvalue weighted by Gasteiger charge is -2.12. The Bertz CT molecular complexity index is 336. The molecule has 1 aromatic rings. The van der Waals surface area contributed by atoms with Gasteiger partial charge < -0.3 is 4.43 Å². The van der Waals surface area contributed by atoms with Crippen LogP contribution in [0.25, 0.3) is 0 Å². The Kier molecular flexibility index (Phi) is 6.41. The number of aliphatic imine (C=N–C) groups is 1. The van der Waals surface area contributed by atoms with E-state index in [2.05, 4.69) is 17.1 Å². The third kappa shape index (κ3) is 5.03. The molecule has 0 N–H and O–H groups in total. The van der Waals surface area contributed by atoms with E-state index in [0.29, 0.717) is 6.54 Å². The van der Waals surface area contributed by atoms with E-state index in [1.165, 1.54) is 5.56 Å². The van der Waals surface area contributed by atoms with Gasteiger partial charge in [-0.25, -0.2) is 9.79 Å². The number of carbonyl (C=O) groups excluding carboxylic acids is 1. The molecule has 0 fully saturated rings. The van der Waals surface area contributed by atoms with Crippen LogP contribution in [0.2, 0.25) is 6.04 Å². The van der Waals surface area contributed by atoms with Crippen LogP contribution in [-0.2, 0) is 15.3 Å². The molecule has 1 unspecified atom stereocenters. The molecule has 0 aromatic heterocycles. The summed E-state index contributed by atoms with van der Waals surface area (Å²) in [6, 6.07) is 12.5. The molecular weight excluding hydrogens is 218 g/mol. The highest BCUT2D eigenvalue weighted by Gasteiger charge is 2.10. The highest BCUT2D eigenvalue weighted by atomic mass is 28.3. The number of rotatable bonds is 7. The maximum atomic E-state index is 9.90. The van der Waals surface area contributed by atoms with Gasteiger partial charge in [-0.1, -0.05) is 30.3 Å². The predicted octanol–water partition coefficient (Wildman–Crippen LogP) is 1.86. The second kappa shape index (κ2) is 7.99. The van der Waals surface area contributed by atoms with Gasteiger partial charge in [-0.05, 0) is 24.1 Å². The fraction of sp³-hybridized carbons (Fsp3) is 0.417. The lowest BCUT2D eigenvalue weighted by molar-refractivity contribution is 0.416. The van der Waals surface area contributed by atoms with E-state index in [0.717, 1.165) is 18.5 Å². The van der Waals surface area contributed by atoms with Gasteiger partial charge in [-0.3, -0.25) is 0 Å². The van der Waals surface area contributed by atoms with Crippen molar-refractivity contribution in [3.63, 3.8) is 0 Å². The highest BCUT2D eigenvalue weighted by Crippen LogP contribution is 2.07. The first-order chi connectivity index (χ1) is 7.86. The van der Waals surface area contributed by atoms with Crippen molar-refractivity contribution in [1.29, 1.82) is 0 Å². The van der Waals surface area contributed by atoms with Gasteiger partial charge in [0.15, 0.2) is 9.04 Å². The van der Waals surface area contributed by atoms with Crippen molar-refractivity contribution >= 4 is 15.1 Å². The quantitative estimate of drug-likeness (QED) is 0.313. The van der Waals surface area contributed by atoms with Gasteiger partial charge >= 0.3 is 0 Å². The fourth-order valence-corrected chi connectivity index (χ4v) is 3.67. The van der Waals surface area contributed by atoms with Crippen LogP contribution in [0.4, 0.5) is 0 Å². The second-order valence-electron chi connectivity index (χ2n) is 3.66. The van der Waals surface area contributed by atoms with Gasteiger partial charge in [-0.15, -0.1) is 0 Å². The van der Waals surface area contributed by atoms with Crippen molar-refractivity contribution in [3.8, 4) is 0 Å². The molecule has 0 bridgehead atoms. The third-order valence-electron chi connectivity index (χ3n) is 2.50. The smallest absolute Gasteiger partial charge is 0.234 e. The fourth-order valence-electron chi connectivity index (χ4n) is 1.62. The lowest BCUT2D eigenvalue weighted by atomic mass is 10.2. The van der Waals surface area contributed by atoms with Gasteiger partial charge in [0.2, 0.25) is 6.08 Å². The van der Waals surface area contributed by atoms with Crippen LogP contribution < -0.4 is 0 Å². The average Bonchev–Trinajstić information content (AvgIpc) is 2.34. The molecule has 0 heterocycles. The Balaban J connectivity index is 2.34. The minimum Gasteiger partial charge on any atom is -0.423 e. The summed E-state index contributed by atoms with van der Waals surface area (Å²) in [5.74, 6) is 0. The molecule has 1 atom stereocenters. The van der Waals surface area contributed by atoms with Gasteiger partial charge in [0, 0.05) is 7.11 Å². The monoisotopic (exact) mass is 235 g/mol. The first-order valence-electron chi connectivity index (χ1n) is 5.47. The van der Waals surface area contributed by atoms with Crippen LogP contribution in [0.1, 0.15) is 12.0 Å². The largest absolute Gasteiger partial charge is 0.423 e. The van der Waals surface area contributed by atoms with Crippen LogP contribution in [0.3, 0.4) is 0 Å². The van der Waals surface area contributed by atoms with Gasteiger partial charge in [-0.2, -0.15) is 0 Å². The standard InChI is InChI=1S/C12H17NO2Si/c1-15-16(9-5-8-13-11-14)10-12-6-3-2-4-7-12/h2-4,6-7,16H,5,8-10H2,1H3. The number of hydrogen-bond donors (Lipinski definition) is 0. The molecule has 0 saturated carbocycles. The molecule has 0 aliphatic heterocycles. The summed E-state index contributed by atoms with van der Waals surface area (Å²) >= 11 is 0. The minimum atomic E-state index is -1.17. The van der Waals surface area contributed by atoms with Gasteiger partial charge in [0.05, 0.1) is 6.54 Å². The van der Waals surface area contributed by atoms with Crippen molar-refractivity contribution < 1.29 is 9.22 Å². The van der Waals surface area contributed by atoms with E-state index in [4.69, 9.17) is 4.43 Å². The maximum Gasteiger partial charge on any atom is 0.234 e. The summed E-state index contributed by atoms with van der Waals surface area (Å²) in [5, 5.41) is 0. The summed E-state index contributed by atoms with van der Waals surface area (Å²) in [4.78, 5) is 13.4. The molecule has 86 valence electrons. The Morgan fingerprint density at radius 2 is 2.12 bits per heavy atom. The van der Waals surface area contributed by atoms with Crippen LogP contribution in [0.15, 0.2) is 35.3 Å². The number of isocyanates is 1. The van der Waals surface area contributed by atoms with E-state index in [-0.39, 0.29) is 0 Å². The zero-order chi connectivity index (χ0) is 11.6. The zero-order valence-corrected chi connectivity index (χ0v) is 10.7.